The van der Waals surface area contributed by atoms with Crippen molar-refractivity contribution >= 4 is 34.9 Å². The number of carbonyl (C=O) groups is 1. The highest BCUT2D eigenvalue weighted by Crippen LogP contribution is 2.43. The first-order chi connectivity index (χ1) is 10.9. The van der Waals surface area contributed by atoms with Gasteiger partial charge in [0.25, 0.3) is 5.56 Å². The molecule has 23 heavy (non-hydrogen) atoms. The minimum Gasteiger partial charge on any atom is -0.478 e. The Morgan fingerprint density at radius 1 is 1.26 bits per heavy atom. The van der Waals surface area contributed by atoms with Gasteiger partial charge in [0.2, 0.25) is 0 Å². The van der Waals surface area contributed by atoms with Crippen LogP contribution in [-0.2, 0) is 4.79 Å². The molecule has 0 bridgehead atoms. The molecule has 118 valence electrons. The molecule has 3 rings (SSSR count). The van der Waals surface area contributed by atoms with Crippen molar-refractivity contribution in [3.63, 3.8) is 0 Å². The molecule has 7 heteroatoms. The molecule has 0 saturated heterocycles. The zero-order valence-corrected chi connectivity index (χ0v) is 13.5. The van der Waals surface area contributed by atoms with E-state index in [0.717, 1.165) is 0 Å². The summed E-state index contributed by atoms with van der Waals surface area (Å²) < 4.78 is 0. The van der Waals surface area contributed by atoms with Crippen LogP contribution in [0.2, 0.25) is 10.0 Å². The predicted molar refractivity (Wildman–Crippen MR) is 89.3 cm³/mol. The number of H-pyrrole nitrogens is 1. The van der Waals surface area contributed by atoms with E-state index in [4.69, 9.17) is 23.2 Å². The predicted octanol–water partition coefficient (Wildman–Crippen LogP) is 3.60. The van der Waals surface area contributed by atoms with Crippen molar-refractivity contribution in [1.82, 2.24) is 4.98 Å². The largest absolute Gasteiger partial charge is 0.478 e. The van der Waals surface area contributed by atoms with Crippen LogP contribution in [0.25, 0.3) is 0 Å². The summed E-state index contributed by atoms with van der Waals surface area (Å²) in [5, 5.41) is 13.1. The molecule has 1 unspecified atom stereocenters. The van der Waals surface area contributed by atoms with Crippen LogP contribution >= 0.6 is 23.2 Å². The number of benzene rings is 1. The van der Waals surface area contributed by atoms with Gasteiger partial charge < -0.3 is 15.4 Å². The molecule has 0 aliphatic carbocycles. The van der Waals surface area contributed by atoms with Gasteiger partial charge in [-0.15, -0.1) is 0 Å². The van der Waals surface area contributed by atoms with Crippen molar-refractivity contribution < 1.29 is 9.90 Å². The van der Waals surface area contributed by atoms with Gasteiger partial charge in [-0.3, -0.25) is 4.79 Å². The molecule has 1 aromatic carbocycles. The third kappa shape index (κ3) is 2.52. The Morgan fingerprint density at radius 3 is 2.70 bits per heavy atom. The molecule has 0 fully saturated rings. The van der Waals surface area contributed by atoms with Gasteiger partial charge in [0, 0.05) is 17.6 Å². The number of aromatic nitrogens is 1. The summed E-state index contributed by atoms with van der Waals surface area (Å²) in [7, 11) is 0. The molecule has 0 spiro atoms. The van der Waals surface area contributed by atoms with Gasteiger partial charge >= 0.3 is 5.97 Å². The molecule has 1 atom stereocenters. The fourth-order valence-electron chi connectivity index (χ4n) is 2.85. The van der Waals surface area contributed by atoms with Gasteiger partial charge in [0.05, 0.1) is 27.1 Å². The van der Waals surface area contributed by atoms with E-state index in [9.17, 15) is 14.7 Å². The first-order valence-corrected chi connectivity index (χ1v) is 7.54. The molecular formula is C16H12Cl2N2O3. The Balaban J connectivity index is 2.37. The molecule has 1 aliphatic heterocycles. The highest BCUT2D eigenvalue weighted by molar-refractivity contribution is 6.42. The fraction of sp³-hybridized carbons (Fsp3) is 0.125. The SMILES string of the molecule is CC1=C(C(=O)O)C(c2cccc(Cl)c2Cl)c2c(cc[nH]c2=O)N1. The van der Waals surface area contributed by atoms with Crippen LogP contribution in [0.3, 0.4) is 0 Å². The summed E-state index contributed by atoms with van der Waals surface area (Å²) in [4.78, 5) is 26.7. The molecule has 1 aromatic heterocycles. The third-order valence-corrected chi connectivity index (χ3v) is 4.66. The number of hydrogen-bond donors (Lipinski definition) is 3. The monoisotopic (exact) mass is 350 g/mol. The summed E-state index contributed by atoms with van der Waals surface area (Å²) in [6.45, 7) is 1.65. The highest BCUT2D eigenvalue weighted by atomic mass is 35.5. The van der Waals surface area contributed by atoms with Gasteiger partial charge in [-0.25, -0.2) is 4.79 Å². The average molecular weight is 351 g/mol. The average Bonchev–Trinajstić information content (AvgIpc) is 2.48. The third-order valence-electron chi connectivity index (χ3n) is 3.83. The van der Waals surface area contributed by atoms with E-state index >= 15 is 0 Å². The lowest BCUT2D eigenvalue weighted by atomic mass is 9.81. The maximum atomic E-state index is 12.3. The first kappa shape index (κ1) is 15.6. The number of rotatable bonds is 2. The number of pyridine rings is 1. The van der Waals surface area contributed by atoms with Crippen molar-refractivity contribution in [2.24, 2.45) is 0 Å². The van der Waals surface area contributed by atoms with Crippen molar-refractivity contribution in [3.05, 3.63) is 73.3 Å². The normalized spacial score (nSPS) is 16.7. The topological polar surface area (TPSA) is 82.2 Å². The van der Waals surface area contributed by atoms with Crippen LogP contribution in [0.4, 0.5) is 5.69 Å². The number of carboxylic acid groups (broad SMARTS) is 1. The number of aromatic amines is 1. The Kier molecular flexibility index (Phi) is 3.92. The van der Waals surface area contributed by atoms with Crippen LogP contribution in [0.5, 0.6) is 0 Å². The molecule has 5 nitrogen and oxygen atoms in total. The molecule has 2 aromatic rings. The Hall–Kier alpha value is -2.24. The van der Waals surface area contributed by atoms with Crippen LogP contribution < -0.4 is 10.9 Å². The zero-order chi connectivity index (χ0) is 16.7. The molecule has 0 amide bonds. The van der Waals surface area contributed by atoms with Crippen LogP contribution in [0, 0.1) is 0 Å². The maximum absolute atomic E-state index is 12.3. The van der Waals surface area contributed by atoms with Gasteiger partial charge in [-0.2, -0.15) is 0 Å². The molecule has 1 aliphatic rings. The lowest BCUT2D eigenvalue weighted by Gasteiger charge is -2.29. The van der Waals surface area contributed by atoms with Gasteiger partial charge in [-0.1, -0.05) is 35.3 Å². The number of halogens is 2. The standard InChI is InChI=1S/C16H12Cl2N2O3/c1-7-11(16(22)23)12(8-3-2-4-9(17)14(8)18)13-10(20-7)5-6-19-15(13)21/h2-6,12,20H,1H3,(H,19,21)(H,22,23). The van der Waals surface area contributed by atoms with Crippen molar-refractivity contribution in [1.29, 1.82) is 0 Å². The molecule has 2 heterocycles. The summed E-state index contributed by atoms with van der Waals surface area (Å²) in [6.07, 6.45) is 1.50. The second kappa shape index (κ2) is 5.76. The maximum Gasteiger partial charge on any atom is 0.334 e. The lowest BCUT2D eigenvalue weighted by molar-refractivity contribution is -0.132. The number of aliphatic carboxylic acids is 1. The Morgan fingerprint density at radius 2 is 2.00 bits per heavy atom. The van der Waals surface area contributed by atoms with Crippen LogP contribution in [-0.4, -0.2) is 16.1 Å². The van der Waals surface area contributed by atoms with Gasteiger partial charge in [0.1, 0.15) is 0 Å². The van der Waals surface area contributed by atoms with E-state index in [2.05, 4.69) is 10.3 Å². The van der Waals surface area contributed by atoms with E-state index in [1.807, 2.05) is 0 Å². The van der Waals surface area contributed by atoms with E-state index in [0.29, 0.717) is 27.5 Å². The van der Waals surface area contributed by atoms with Crippen molar-refractivity contribution in [2.45, 2.75) is 12.8 Å². The molecule has 0 radical (unpaired) electrons. The smallest absolute Gasteiger partial charge is 0.334 e. The van der Waals surface area contributed by atoms with Gasteiger partial charge in [0.15, 0.2) is 0 Å². The molecule has 0 saturated carbocycles. The second-order valence-corrected chi connectivity index (χ2v) is 5.96. The van der Waals surface area contributed by atoms with Crippen molar-refractivity contribution in [3.8, 4) is 0 Å². The Labute approximate surface area is 141 Å². The lowest BCUT2D eigenvalue weighted by Crippen LogP contribution is -2.29. The van der Waals surface area contributed by atoms with E-state index < -0.39 is 11.9 Å². The second-order valence-electron chi connectivity index (χ2n) is 5.18. The van der Waals surface area contributed by atoms with Crippen LogP contribution in [0.1, 0.15) is 24.0 Å². The van der Waals surface area contributed by atoms with E-state index in [1.165, 1.54) is 6.20 Å². The zero-order valence-electron chi connectivity index (χ0n) is 12.0. The number of anilines is 1. The highest BCUT2D eigenvalue weighted by Gasteiger charge is 2.35. The van der Waals surface area contributed by atoms with E-state index in [-0.39, 0.29) is 16.2 Å². The summed E-state index contributed by atoms with van der Waals surface area (Å²) in [5.74, 6) is -1.93. The number of nitrogens with one attached hydrogen (secondary N) is 2. The minimum atomic E-state index is -1.12. The summed E-state index contributed by atoms with van der Waals surface area (Å²) in [5.41, 5.74) is 1.49. The van der Waals surface area contributed by atoms with Crippen LogP contribution in [0.15, 0.2) is 46.5 Å². The number of hydrogen-bond acceptors (Lipinski definition) is 3. The number of carboxylic acids is 1. The Bertz CT molecular complexity index is 902. The van der Waals surface area contributed by atoms with Gasteiger partial charge in [-0.05, 0) is 24.6 Å². The first-order valence-electron chi connectivity index (χ1n) is 6.78. The van der Waals surface area contributed by atoms with E-state index in [1.54, 1.807) is 31.2 Å². The fourth-order valence-corrected chi connectivity index (χ4v) is 3.27. The number of fused-ring (bicyclic) bond motifs is 1. The minimum absolute atomic E-state index is 0.0679. The summed E-state index contributed by atoms with van der Waals surface area (Å²) >= 11 is 12.3. The van der Waals surface area contributed by atoms with Crippen molar-refractivity contribution in [2.75, 3.05) is 5.32 Å². The molecular weight excluding hydrogens is 339 g/mol. The summed E-state index contributed by atoms with van der Waals surface area (Å²) in [6, 6.07) is 6.65. The quantitative estimate of drug-likeness (QED) is 0.772. The molecule has 3 N–H and O–H groups in total. The number of allylic oxidation sites excluding steroid dienone is 1.